The number of nitrogens with zero attached hydrogens (tertiary/aromatic N) is 2. The minimum absolute atomic E-state index is 0.104. The average Bonchev–Trinajstić information content (AvgIpc) is 2.43. The minimum atomic E-state index is 0.104. The van der Waals surface area contributed by atoms with Crippen molar-refractivity contribution in [3.05, 3.63) is 0 Å². The molecule has 0 aromatic heterocycles. The molecule has 1 heterocycles. The standard InChI is InChI=1S/C12H22N2O2/c1-10(2)12(16)9-13-5-4-6-14(8-7-13)11(3)15/h10H,4-9H2,1-3H3. The van der Waals surface area contributed by atoms with Gasteiger partial charge in [0.05, 0.1) is 6.54 Å². The molecule has 1 aliphatic heterocycles. The molecule has 1 fully saturated rings. The van der Waals surface area contributed by atoms with E-state index in [4.69, 9.17) is 0 Å². The lowest BCUT2D eigenvalue weighted by Gasteiger charge is -2.21. The number of amides is 1. The summed E-state index contributed by atoms with van der Waals surface area (Å²) in [4.78, 5) is 26.9. The van der Waals surface area contributed by atoms with Gasteiger partial charge in [0.15, 0.2) is 0 Å². The van der Waals surface area contributed by atoms with E-state index in [1.807, 2.05) is 18.7 Å². The predicted octanol–water partition coefficient (Wildman–Crippen LogP) is 0.766. The van der Waals surface area contributed by atoms with Crippen LogP contribution in [0.4, 0.5) is 0 Å². The third-order valence-corrected chi connectivity index (χ3v) is 3.06. The molecule has 0 aromatic rings. The van der Waals surface area contributed by atoms with Gasteiger partial charge < -0.3 is 4.90 Å². The molecule has 16 heavy (non-hydrogen) atoms. The van der Waals surface area contributed by atoms with Gasteiger partial charge in [-0.25, -0.2) is 0 Å². The zero-order valence-electron chi connectivity index (χ0n) is 10.5. The van der Waals surface area contributed by atoms with Crippen LogP contribution in [0.25, 0.3) is 0 Å². The fraction of sp³-hybridized carbons (Fsp3) is 0.833. The van der Waals surface area contributed by atoms with Gasteiger partial charge in [-0.05, 0) is 6.42 Å². The van der Waals surface area contributed by atoms with Crippen LogP contribution in [0.1, 0.15) is 27.2 Å². The van der Waals surface area contributed by atoms with Gasteiger partial charge in [-0.2, -0.15) is 0 Å². The summed E-state index contributed by atoms with van der Waals surface area (Å²) in [6.45, 7) is 9.31. The normalized spacial score (nSPS) is 18.6. The predicted molar refractivity (Wildman–Crippen MR) is 63.2 cm³/mol. The number of hydrogen-bond acceptors (Lipinski definition) is 3. The molecular formula is C12H22N2O2. The second-order valence-electron chi connectivity index (χ2n) is 4.76. The lowest BCUT2D eigenvalue weighted by molar-refractivity contribution is -0.128. The van der Waals surface area contributed by atoms with Crippen LogP contribution in [0.3, 0.4) is 0 Å². The fourth-order valence-corrected chi connectivity index (χ4v) is 1.85. The van der Waals surface area contributed by atoms with Crippen LogP contribution >= 0.6 is 0 Å². The first-order chi connectivity index (χ1) is 7.50. The van der Waals surface area contributed by atoms with Gasteiger partial charge in [0.2, 0.25) is 5.91 Å². The molecule has 0 saturated carbocycles. The molecule has 0 radical (unpaired) electrons. The van der Waals surface area contributed by atoms with Crippen LogP contribution < -0.4 is 0 Å². The minimum Gasteiger partial charge on any atom is -0.342 e. The zero-order valence-corrected chi connectivity index (χ0v) is 10.5. The molecule has 0 bridgehead atoms. The first kappa shape index (κ1) is 13.2. The summed E-state index contributed by atoms with van der Waals surface area (Å²) in [5.41, 5.74) is 0. The third kappa shape index (κ3) is 3.93. The highest BCUT2D eigenvalue weighted by atomic mass is 16.2. The molecule has 0 atom stereocenters. The maximum absolute atomic E-state index is 11.6. The molecular weight excluding hydrogens is 204 g/mol. The summed E-state index contributed by atoms with van der Waals surface area (Å²) < 4.78 is 0. The van der Waals surface area contributed by atoms with E-state index in [9.17, 15) is 9.59 Å². The molecule has 1 rings (SSSR count). The topological polar surface area (TPSA) is 40.6 Å². The molecule has 4 nitrogen and oxygen atoms in total. The Labute approximate surface area is 97.6 Å². The van der Waals surface area contributed by atoms with Crippen LogP contribution in [0.5, 0.6) is 0 Å². The van der Waals surface area contributed by atoms with Crippen LogP contribution in [-0.4, -0.2) is 54.2 Å². The summed E-state index contributed by atoms with van der Waals surface area (Å²) in [5, 5.41) is 0. The molecule has 1 amide bonds. The van der Waals surface area contributed by atoms with Crippen LogP contribution in [0.2, 0.25) is 0 Å². The first-order valence-corrected chi connectivity index (χ1v) is 6.01. The maximum atomic E-state index is 11.6. The van der Waals surface area contributed by atoms with E-state index in [0.29, 0.717) is 6.54 Å². The van der Waals surface area contributed by atoms with Crippen molar-refractivity contribution >= 4 is 11.7 Å². The summed E-state index contributed by atoms with van der Waals surface area (Å²) in [7, 11) is 0. The molecule has 0 N–H and O–H groups in total. The third-order valence-electron chi connectivity index (χ3n) is 3.06. The van der Waals surface area contributed by atoms with Gasteiger partial charge in [-0.3, -0.25) is 14.5 Å². The summed E-state index contributed by atoms with van der Waals surface area (Å²) >= 11 is 0. The van der Waals surface area contributed by atoms with Crippen LogP contribution in [0.15, 0.2) is 0 Å². The van der Waals surface area contributed by atoms with Crippen molar-refractivity contribution in [1.29, 1.82) is 0 Å². The lowest BCUT2D eigenvalue weighted by Crippen LogP contribution is -2.36. The van der Waals surface area contributed by atoms with Gasteiger partial charge in [0.25, 0.3) is 0 Å². The number of ketones is 1. The first-order valence-electron chi connectivity index (χ1n) is 6.01. The summed E-state index contributed by atoms with van der Waals surface area (Å²) in [6.07, 6.45) is 0.963. The highest BCUT2D eigenvalue weighted by molar-refractivity contribution is 5.82. The van der Waals surface area contributed by atoms with Crippen molar-refractivity contribution in [3.63, 3.8) is 0 Å². The van der Waals surface area contributed by atoms with Crippen molar-refractivity contribution in [3.8, 4) is 0 Å². The summed E-state index contributed by atoms with van der Waals surface area (Å²) in [5.74, 6) is 0.528. The monoisotopic (exact) mass is 226 g/mol. The molecule has 1 saturated heterocycles. The van der Waals surface area contributed by atoms with Crippen molar-refractivity contribution < 1.29 is 9.59 Å². The van der Waals surface area contributed by atoms with E-state index in [1.54, 1.807) is 6.92 Å². The van der Waals surface area contributed by atoms with Crippen LogP contribution in [0, 0.1) is 5.92 Å². The Kier molecular flexibility index (Phi) is 4.93. The molecule has 1 aliphatic rings. The van der Waals surface area contributed by atoms with Crippen LogP contribution in [-0.2, 0) is 9.59 Å². The van der Waals surface area contributed by atoms with Crippen molar-refractivity contribution in [2.24, 2.45) is 5.92 Å². The highest BCUT2D eigenvalue weighted by Crippen LogP contribution is 2.05. The SMILES string of the molecule is CC(=O)N1CCCN(CC(=O)C(C)C)CC1. The largest absolute Gasteiger partial charge is 0.342 e. The Balaban J connectivity index is 2.41. The van der Waals surface area contributed by atoms with E-state index in [0.717, 1.165) is 32.6 Å². The quantitative estimate of drug-likeness (QED) is 0.713. The smallest absolute Gasteiger partial charge is 0.219 e. The maximum Gasteiger partial charge on any atom is 0.219 e. The number of carbonyl (C=O) groups is 2. The average molecular weight is 226 g/mol. The van der Waals surface area contributed by atoms with Gasteiger partial charge in [0.1, 0.15) is 5.78 Å². The molecule has 0 spiro atoms. The second-order valence-corrected chi connectivity index (χ2v) is 4.76. The van der Waals surface area contributed by atoms with E-state index in [1.165, 1.54) is 0 Å². The van der Waals surface area contributed by atoms with E-state index in [-0.39, 0.29) is 17.6 Å². The van der Waals surface area contributed by atoms with Crippen molar-refractivity contribution in [2.75, 3.05) is 32.7 Å². The number of rotatable bonds is 3. The molecule has 4 heteroatoms. The van der Waals surface area contributed by atoms with E-state index in [2.05, 4.69) is 4.90 Å². The number of hydrogen-bond donors (Lipinski definition) is 0. The Morgan fingerprint density at radius 1 is 1.12 bits per heavy atom. The molecule has 0 unspecified atom stereocenters. The van der Waals surface area contributed by atoms with Crippen molar-refractivity contribution in [2.45, 2.75) is 27.2 Å². The van der Waals surface area contributed by atoms with Gasteiger partial charge in [-0.1, -0.05) is 13.8 Å². The Morgan fingerprint density at radius 3 is 2.38 bits per heavy atom. The number of Topliss-reactive ketones (excluding diaryl/α,β-unsaturated/α-hetero) is 1. The number of carbonyl (C=O) groups excluding carboxylic acids is 2. The second kappa shape index (κ2) is 5.99. The fourth-order valence-electron chi connectivity index (χ4n) is 1.85. The summed E-state index contributed by atoms with van der Waals surface area (Å²) in [6, 6.07) is 0. The lowest BCUT2D eigenvalue weighted by atomic mass is 10.1. The van der Waals surface area contributed by atoms with E-state index >= 15 is 0 Å². The zero-order chi connectivity index (χ0) is 12.1. The van der Waals surface area contributed by atoms with Gasteiger partial charge in [0, 0.05) is 39.0 Å². The Bertz CT molecular complexity index is 264. The van der Waals surface area contributed by atoms with Crippen molar-refractivity contribution in [1.82, 2.24) is 9.80 Å². The molecule has 0 aromatic carbocycles. The highest BCUT2D eigenvalue weighted by Gasteiger charge is 2.19. The Morgan fingerprint density at radius 2 is 1.81 bits per heavy atom. The van der Waals surface area contributed by atoms with E-state index < -0.39 is 0 Å². The van der Waals surface area contributed by atoms with Gasteiger partial charge in [-0.15, -0.1) is 0 Å². The molecule has 0 aliphatic carbocycles. The van der Waals surface area contributed by atoms with Gasteiger partial charge >= 0.3 is 0 Å². The Hall–Kier alpha value is -0.900. The molecule has 92 valence electrons.